The van der Waals surface area contributed by atoms with Crippen molar-refractivity contribution in [3.8, 4) is 28.3 Å². The molecule has 3 aliphatic rings. The number of nitrogens with one attached hydrogen (secondary N) is 1. The number of imidazole rings is 1. The molecule has 7 heteroatoms. The van der Waals surface area contributed by atoms with Gasteiger partial charge in [-0.3, -0.25) is 9.36 Å². The molecule has 3 aromatic rings. The van der Waals surface area contributed by atoms with E-state index in [4.69, 9.17) is 21.0 Å². The molecular formula is C24H17ClN4O2. The summed E-state index contributed by atoms with van der Waals surface area (Å²) in [7, 11) is 0. The van der Waals surface area contributed by atoms with Gasteiger partial charge in [0, 0.05) is 17.3 Å². The minimum atomic E-state index is -0.113. The van der Waals surface area contributed by atoms with E-state index < -0.39 is 0 Å². The SMILES string of the molecule is O=c1c(Cc2ccco2)nc2c(-c3ccnc(Cl)c3)[nH]c3c(n1-2)CCc1ccccc1-3. The van der Waals surface area contributed by atoms with Gasteiger partial charge in [-0.2, -0.15) is 0 Å². The lowest BCUT2D eigenvalue weighted by molar-refractivity contribution is 0.519. The molecule has 1 N–H and O–H groups in total. The van der Waals surface area contributed by atoms with Gasteiger partial charge >= 0.3 is 0 Å². The number of halogens is 1. The first-order valence-electron chi connectivity index (χ1n) is 10.1. The molecular weight excluding hydrogens is 412 g/mol. The van der Waals surface area contributed by atoms with Gasteiger partial charge in [0.25, 0.3) is 5.56 Å². The van der Waals surface area contributed by atoms with Crippen molar-refractivity contribution in [1.29, 1.82) is 0 Å². The van der Waals surface area contributed by atoms with Gasteiger partial charge in [-0.1, -0.05) is 35.9 Å². The number of aromatic amines is 1. The Morgan fingerprint density at radius 3 is 2.84 bits per heavy atom. The monoisotopic (exact) mass is 428 g/mol. The Morgan fingerprint density at radius 2 is 2.00 bits per heavy atom. The molecule has 0 unspecified atom stereocenters. The van der Waals surface area contributed by atoms with Crippen LogP contribution in [0.5, 0.6) is 0 Å². The number of pyridine rings is 1. The van der Waals surface area contributed by atoms with Crippen molar-refractivity contribution in [3.05, 3.63) is 99.2 Å². The Bertz CT molecular complexity index is 1450. The van der Waals surface area contributed by atoms with Crippen LogP contribution >= 0.6 is 11.6 Å². The van der Waals surface area contributed by atoms with Gasteiger partial charge in [0.2, 0.25) is 0 Å². The van der Waals surface area contributed by atoms with Gasteiger partial charge in [-0.25, -0.2) is 9.97 Å². The van der Waals surface area contributed by atoms with Gasteiger partial charge in [-0.05, 0) is 42.7 Å². The number of hydrogen-bond acceptors (Lipinski definition) is 4. The molecule has 4 heterocycles. The predicted molar refractivity (Wildman–Crippen MR) is 118 cm³/mol. The average Bonchev–Trinajstić information content (AvgIpc) is 3.41. The number of rotatable bonds is 3. The Morgan fingerprint density at radius 1 is 1.10 bits per heavy atom. The predicted octanol–water partition coefficient (Wildman–Crippen LogP) is 4.66. The summed E-state index contributed by atoms with van der Waals surface area (Å²) < 4.78 is 7.21. The van der Waals surface area contributed by atoms with E-state index in [9.17, 15) is 4.79 Å². The number of benzene rings is 1. The first-order valence-corrected chi connectivity index (χ1v) is 10.5. The number of furan rings is 1. The summed E-state index contributed by atoms with van der Waals surface area (Å²) in [5, 5.41) is 0.381. The van der Waals surface area contributed by atoms with E-state index in [2.05, 4.69) is 22.1 Å². The standard InChI is InChI=1S/C24H17ClN4O2/c25-20-12-15(9-10-26-20)21-23-27-18(13-16-5-3-11-31-16)24(30)29(23)19-8-7-14-4-1-2-6-17(14)22(19)28-21/h1-6,9-12,28H,7-8,13H2. The molecule has 0 spiro atoms. The number of hydrogen-bond donors (Lipinski definition) is 1. The lowest BCUT2D eigenvalue weighted by atomic mass is 9.91. The maximum Gasteiger partial charge on any atom is 0.278 e. The maximum atomic E-state index is 13.5. The summed E-state index contributed by atoms with van der Waals surface area (Å²) in [6.45, 7) is 0. The highest BCUT2D eigenvalue weighted by molar-refractivity contribution is 6.29. The summed E-state index contributed by atoms with van der Waals surface area (Å²) in [6.07, 6.45) is 5.22. The van der Waals surface area contributed by atoms with Gasteiger partial charge < -0.3 is 9.40 Å². The van der Waals surface area contributed by atoms with Crippen LogP contribution in [-0.4, -0.2) is 19.5 Å². The molecule has 2 aromatic heterocycles. The summed E-state index contributed by atoms with van der Waals surface area (Å²) in [5.41, 5.74) is 6.15. The van der Waals surface area contributed by atoms with Gasteiger partial charge in [0.05, 0.1) is 29.8 Å². The summed E-state index contributed by atoms with van der Waals surface area (Å²) in [4.78, 5) is 25.9. The van der Waals surface area contributed by atoms with E-state index in [0.717, 1.165) is 41.1 Å². The first kappa shape index (κ1) is 18.2. The van der Waals surface area contributed by atoms with E-state index in [0.29, 0.717) is 28.8 Å². The number of H-pyrrole nitrogens is 1. The second kappa shape index (κ2) is 6.96. The third-order valence-electron chi connectivity index (χ3n) is 5.79. The Balaban J connectivity index is 1.66. The molecule has 0 saturated heterocycles. The summed E-state index contributed by atoms with van der Waals surface area (Å²) in [6, 6.07) is 15.6. The molecule has 2 aliphatic heterocycles. The van der Waals surface area contributed by atoms with E-state index in [-0.39, 0.29) is 5.56 Å². The van der Waals surface area contributed by atoms with Crippen molar-refractivity contribution in [1.82, 2.24) is 19.5 Å². The van der Waals surface area contributed by atoms with Crippen LogP contribution in [0, 0.1) is 0 Å². The molecule has 0 bridgehead atoms. The third kappa shape index (κ3) is 2.91. The number of fused-ring (bicyclic) bond motifs is 5. The lowest BCUT2D eigenvalue weighted by Crippen LogP contribution is -2.24. The van der Waals surface area contributed by atoms with Crippen molar-refractivity contribution < 1.29 is 4.42 Å². The fourth-order valence-corrected chi connectivity index (χ4v) is 4.56. The van der Waals surface area contributed by atoms with Crippen LogP contribution in [0.15, 0.2) is 70.2 Å². The van der Waals surface area contributed by atoms with Crippen molar-refractivity contribution >= 4 is 11.6 Å². The number of aromatic nitrogens is 4. The zero-order chi connectivity index (χ0) is 20.9. The van der Waals surface area contributed by atoms with Crippen LogP contribution < -0.4 is 5.56 Å². The first-order chi connectivity index (χ1) is 15.2. The van der Waals surface area contributed by atoms with Crippen molar-refractivity contribution in [3.63, 3.8) is 0 Å². The minimum absolute atomic E-state index is 0.113. The third-order valence-corrected chi connectivity index (χ3v) is 6.00. The molecule has 6 rings (SSSR count). The zero-order valence-corrected chi connectivity index (χ0v) is 17.2. The fraction of sp³-hybridized carbons (Fsp3) is 0.125. The number of nitrogens with zero attached hydrogens (tertiary/aromatic N) is 3. The maximum absolute atomic E-state index is 13.5. The van der Waals surface area contributed by atoms with Gasteiger partial charge in [0.1, 0.15) is 16.6 Å². The van der Waals surface area contributed by atoms with E-state index >= 15 is 0 Å². The Hall–Kier alpha value is -3.64. The molecule has 0 fully saturated rings. The quantitative estimate of drug-likeness (QED) is 0.424. The molecule has 0 radical (unpaired) electrons. The molecule has 0 atom stereocenters. The van der Waals surface area contributed by atoms with Gasteiger partial charge in [0.15, 0.2) is 5.82 Å². The van der Waals surface area contributed by atoms with E-state index in [1.807, 2.05) is 30.3 Å². The van der Waals surface area contributed by atoms with Crippen molar-refractivity contribution in [2.45, 2.75) is 19.3 Å². The highest BCUT2D eigenvalue weighted by atomic mass is 35.5. The van der Waals surface area contributed by atoms with Crippen LogP contribution in [0.1, 0.15) is 22.7 Å². The molecule has 1 aromatic carbocycles. The average molecular weight is 429 g/mol. The molecule has 6 nitrogen and oxygen atoms in total. The van der Waals surface area contributed by atoms with Crippen LogP contribution in [0.2, 0.25) is 5.15 Å². The number of aryl methyl sites for hydroxylation is 1. The molecule has 1 aliphatic carbocycles. The van der Waals surface area contributed by atoms with E-state index in [1.165, 1.54) is 5.56 Å². The Kier molecular flexibility index (Phi) is 4.07. The zero-order valence-electron chi connectivity index (χ0n) is 16.4. The largest absolute Gasteiger partial charge is 0.469 e. The van der Waals surface area contributed by atoms with Crippen molar-refractivity contribution in [2.75, 3.05) is 0 Å². The minimum Gasteiger partial charge on any atom is -0.469 e. The highest BCUT2D eigenvalue weighted by Gasteiger charge is 2.28. The lowest BCUT2D eigenvalue weighted by Gasteiger charge is -2.24. The Labute approximate surface area is 182 Å². The highest BCUT2D eigenvalue weighted by Crippen LogP contribution is 2.37. The van der Waals surface area contributed by atoms with Crippen LogP contribution in [0.3, 0.4) is 0 Å². The van der Waals surface area contributed by atoms with Crippen LogP contribution in [-0.2, 0) is 19.3 Å². The summed E-state index contributed by atoms with van der Waals surface area (Å²) in [5.74, 6) is 1.30. The molecule has 31 heavy (non-hydrogen) atoms. The molecule has 152 valence electrons. The van der Waals surface area contributed by atoms with Gasteiger partial charge in [-0.15, -0.1) is 0 Å². The van der Waals surface area contributed by atoms with Crippen LogP contribution in [0.4, 0.5) is 0 Å². The summed E-state index contributed by atoms with van der Waals surface area (Å²) >= 11 is 6.18. The fourth-order valence-electron chi connectivity index (χ4n) is 4.38. The second-order valence-electron chi connectivity index (χ2n) is 7.62. The van der Waals surface area contributed by atoms with Crippen molar-refractivity contribution in [2.24, 2.45) is 0 Å². The smallest absolute Gasteiger partial charge is 0.278 e. The molecule has 0 saturated carbocycles. The second-order valence-corrected chi connectivity index (χ2v) is 8.01. The normalized spacial score (nSPS) is 12.7. The molecule has 0 amide bonds. The topological polar surface area (TPSA) is 76.7 Å². The van der Waals surface area contributed by atoms with Crippen LogP contribution in [0.25, 0.3) is 28.3 Å². The van der Waals surface area contributed by atoms with E-state index in [1.54, 1.807) is 23.1 Å².